The van der Waals surface area contributed by atoms with Gasteiger partial charge in [-0.05, 0) is 55.9 Å². The van der Waals surface area contributed by atoms with Gasteiger partial charge in [0.15, 0.2) is 0 Å². The molecule has 0 bridgehead atoms. The molecule has 1 fully saturated rings. The van der Waals surface area contributed by atoms with Crippen LogP contribution in [0.4, 0.5) is 0 Å². The molecule has 4 nitrogen and oxygen atoms in total. The number of hydrogen-bond acceptors (Lipinski definition) is 3. The van der Waals surface area contributed by atoms with Crippen LogP contribution < -0.4 is 0 Å². The molecule has 0 aliphatic carbocycles. The monoisotopic (exact) mass is 378 g/mol. The van der Waals surface area contributed by atoms with Crippen LogP contribution in [0.1, 0.15) is 54.6 Å². The SMILES string of the molecule is Cc1cccc(C)c1-c1ccc(C(=O)N2CCCC(C(=O)CC(C)C)C2)cn1. The summed E-state index contributed by atoms with van der Waals surface area (Å²) in [5, 5.41) is 0. The molecule has 2 heterocycles. The molecular formula is C24H30N2O2. The zero-order chi connectivity index (χ0) is 20.3. The molecule has 0 saturated carbocycles. The Bertz CT molecular complexity index is 835. The lowest BCUT2D eigenvalue weighted by molar-refractivity contribution is -0.124. The first-order valence-electron chi connectivity index (χ1n) is 10.2. The molecule has 3 rings (SSSR count). The summed E-state index contributed by atoms with van der Waals surface area (Å²) in [4.78, 5) is 31.8. The normalized spacial score (nSPS) is 17.0. The third kappa shape index (κ3) is 4.49. The van der Waals surface area contributed by atoms with Crippen molar-refractivity contribution in [2.75, 3.05) is 13.1 Å². The number of ketones is 1. The molecule has 1 aromatic heterocycles. The molecule has 0 N–H and O–H groups in total. The maximum atomic E-state index is 12.9. The van der Waals surface area contributed by atoms with Crippen LogP contribution in [0.3, 0.4) is 0 Å². The molecule has 1 atom stereocenters. The summed E-state index contributed by atoms with van der Waals surface area (Å²) in [7, 11) is 0. The van der Waals surface area contributed by atoms with Crippen LogP contribution in [0.2, 0.25) is 0 Å². The average Bonchev–Trinajstić information content (AvgIpc) is 2.67. The Balaban J connectivity index is 1.73. The first-order chi connectivity index (χ1) is 13.4. The van der Waals surface area contributed by atoms with Crippen molar-refractivity contribution in [3.63, 3.8) is 0 Å². The van der Waals surface area contributed by atoms with Gasteiger partial charge in [0.25, 0.3) is 5.91 Å². The number of aryl methyl sites for hydroxylation is 2. The predicted octanol–water partition coefficient (Wildman–Crippen LogP) is 4.83. The lowest BCUT2D eigenvalue weighted by Crippen LogP contribution is -2.42. The fourth-order valence-electron chi connectivity index (χ4n) is 4.06. The number of carbonyl (C=O) groups excluding carboxylic acids is 2. The van der Waals surface area contributed by atoms with Crippen LogP contribution in [0.5, 0.6) is 0 Å². The molecule has 1 saturated heterocycles. The minimum Gasteiger partial charge on any atom is -0.338 e. The third-order valence-electron chi connectivity index (χ3n) is 5.52. The lowest BCUT2D eigenvalue weighted by atomic mass is 9.89. The van der Waals surface area contributed by atoms with Gasteiger partial charge in [-0.15, -0.1) is 0 Å². The zero-order valence-electron chi connectivity index (χ0n) is 17.4. The van der Waals surface area contributed by atoms with Crippen molar-refractivity contribution in [1.29, 1.82) is 0 Å². The number of likely N-dealkylation sites (tertiary alicyclic amines) is 1. The van der Waals surface area contributed by atoms with E-state index in [4.69, 9.17) is 0 Å². The van der Waals surface area contributed by atoms with Crippen LogP contribution in [0.25, 0.3) is 11.3 Å². The van der Waals surface area contributed by atoms with Gasteiger partial charge in [-0.25, -0.2) is 0 Å². The molecule has 1 aromatic carbocycles. The van der Waals surface area contributed by atoms with E-state index >= 15 is 0 Å². The molecule has 1 unspecified atom stereocenters. The van der Waals surface area contributed by atoms with Gasteiger partial charge in [0.2, 0.25) is 0 Å². The summed E-state index contributed by atoms with van der Waals surface area (Å²) in [5.74, 6) is 0.598. The van der Waals surface area contributed by atoms with Gasteiger partial charge in [-0.1, -0.05) is 32.0 Å². The minimum absolute atomic E-state index is 0.0254. The molecular weight excluding hydrogens is 348 g/mol. The summed E-state index contributed by atoms with van der Waals surface area (Å²) in [6.07, 6.45) is 4.04. The van der Waals surface area contributed by atoms with Crippen molar-refractivity contribution in [3.05, 3.63) is 53.2 Å². The molecule has 2 aromatic rings. The molecule has 28 heavy (non-hydrogen) atoms. The summed E-state index contributed by atoms with van der Waals surface area (Å²) in [6.45, 7) is 9.52. The second-order valence-corrected chi connectivity index (χ2v) is 8.35. The second-order valence-electron chi connectivity index (χ2n) is 8.35. The second kappa shape index (κ2) is 8.68. The van der Waals surface area contributed by atoms with E-state index in [1.165, 1.54) is 11.1 Å². The number of amides is 1. The van der Waals surface area contributed by atoms with Crippen molar-refractivity contribution in [1.82, 2.24) is 9.88 Å². The summed E-state index contributed by atoms with van der Waals surface area (Å²) < 4.78 is 0. The number of pyridine rings is 1. The molecule has 0 spiro atoms. The van der Waals surface area contributed by atoms with Crippen LogP contribution in [-0.2, 0) is 4.79 Å². The number of rotatable bonds is 5. The molecule has 1 amide bonds. The standard InChI is InChI=1S/C24H30N2O2/c1-16(2)13-22(27)20-9-6-12-26(15-20)24(28)19-10-11-21(25-14-19)23-17(3)7-5-8-18(23)4/h5,7-8,10-11,14,16,20H,6,9,12-13,15H2,1-4H3. The van der Waals surface area contributed by atoms with E-state index in [0.29, 0.717) is 31.0 Å². The Morgan fingerprint density at radius 3 is 2.46 bits per heavy atom. The third-order valence-corrected chi connectivity index (χ3v) is 5.52. The van der Waals surface area contributed by atoms with Crippen molar-refractivity contribution in [2.24, 2.45) is 11.8 Å². The van der Waals surface area contributed by atoms with Gasteiger partial charge >= 0.3 is 0 Å². The van der Waals surface area contributed by atoms with Crippen molar-refractivity contribution < 1.29 is 9.59 Å². The Labute approximate surface area is 168 Å². The van der Waals surface area contributed by atoms with E-state index in [1.54, 1.807) is 6.20 Å². The zero-order valence-corrected chi connectivity index (χ0v) is 17.4. The quantitative estimate of drug-likeness (QED) is 0.748. The highest BCUT2D eigenvalue weighted by Crippen LogP contribution is 2.26. The largest absolute Gasteiger partial charge is 0.338 e. The highest BCUT2D eigenvalue weighted by molar-refractivity contribution is 5.95. The molecule has 148 valence electrons. The van der Waals surface area contributed by atoms with E-state index in [0.717, 1.165) is 24.1 Å². The van der Waals surface area contributed by atoms with Crippen LogP contribution in [0, 0.1) is 25.7 Å². The number of benzene rings is 1. The minimum atomic E-state index is -0.0260. The first-order valence-corrected chi connectivity index (χ1v) is 10.2. The van der Waals surface area contributed by atoms with Crippen molar-refractivity contribution in [3.8, 4) is 11.3 Å². The number of Topliss-reactive ketones (excluding diaryl/α,β-unsaturated/α-hetero) is 1. The topological polar surface area (TPSA) is 50.3 Å². The van der Waals surface area contributed by atoms with Crippen LogP contribution in [0.15, 0.2) is 36.5 Å². The smallest absolute Gasteiger partial charge is 0.255 e. The molecule has 0 radical (unpaired) electrons. The van der Waals surface area contributed by atoms with Gasteiger partial charge < -0.3 is 4.90 Å². The maximum Gasteiger partial charge on any atom is 0.255 e. The Kier molecular flexibility index (Phi) is 6.28. The van der Waals surface area contributed by atoms with Gasteiger partial charge in [0, 0.05) is 37.2 Å². The van der Waals surface area contributed by atoms with E-state index in [1.807, 2.05) is 23.1 Å². The highest BCUT2D eigenvalue weighted by Gasteiger charge is 2.29. The summed E-state index contributed by atoms with van der Waals surface area (Å²) in [6, 6.07) is 9.97. The Morgan fingerprint density at radius 1 is 1.14 bits per heavy atom. The first kappa shape index (κ1) is 20.2. The average molecular weight is 379 g/mol. The lowest BCUT2D eigenvalue weighted by Gasteiger charge is -2.32. The summed E-state index contributed by atoms with van der Waals surface area (Å²) in [5.41, 5.74) is 4.95. The van der Waals surface area contributed by atoms with E-state index in [-0.39, 0.29) is 17.6 Å². The van der Waals surface area contributed by atoms with E-state index in [2.05, 4.69) is 44.8 Å². The Hall–Kier alpha value is -2.49. The maximum absolute atomic E-state index is 12.9. The van der Waals surface area contributed by atoms with Gasteiger partial charge in [0.05, 0.1) is 11.3 Å². The predicted molar refractivity (Wildman–Crippen MR) is 112 cm³/mol. The number of carbonyl (C=O) groups is 2. The summed E-state index contributed by atoms with van der Waals surface area (Å²) >= 11 is 0. The molecule has 1 aliphatic rings. The van der Waals surface area contributed by atoms with Gasteiger partial charge in [-0.2, -0.15) is 0 Å². The highest BCUT2D eigenvalue weighted by atomic mass is 16.2. The Morgan fingerprint density at radius 2 is 1.86 bits per heavy atom. The van der Waals surface area contributed by atoms with Gasteiger partial charge in [-0.3, -0.25) is 14.6 Å². The van der Waals surface area contributed by atoms with Gasteiger partial charge in [0.1, 0.15) is 5.78 Å². The van der Waals surface area contributed by atoms with Crippen molar-refractivity contribution >= 4 is 11.7 Å². The van der Waals surface area contributed by atoms with Crippen LogP contribution >= 0.6 is 0 Å². The number of hydrogen-bond donors (Lipinski definition) is 0. The van der Waals surface area contributed by atoms with E-state index < -0.39 is 0 Å². The number of piperidine rings is 1. The fourth-order valence-corrected chi connectivity index (χ4v) is 4.06. The number of aromatic nitrogens is 1. The van der Waals surface area contributed by atoms with Crippen LogP contribution in [-0.4, -0.2) is 34.7 Å². The molecule has 4 heteroatoms. The van der Waals surface area contributed by atoms with E-state index in [9.17, 15) is 9.59 Å². The fraction of sp³-hybridized carbons (Fsp3) is 0.458. The van der Waals surface area contributed by atoms with Crippen molar-refractivity contribution in [2.45, 2.75) is 47.0 Å². The molecule has 1 aliphatic heterocycles. The number of nitrogens with zero attached hydrogens (tertiary/aromatic N) is 2.